The second-order valence-electron chi connectivity index (χ2n) is 8.96. The van der Waals surface area contributed by atoms with Crippen molar-refractivity contribution in [2.24, 2.45) is 0 Å². The van der Waals surface area contributed by atoms with Crippen molar-refractivity contribution >= 4 is 5.78 Å². The fraction of sp³-hybridized carbons (Fsp3) is 0.321. The number of hydrogen-bond donors (Lipinski definition) is 2. The Morgan fingerprint density at radius 2 is 1.65 bits per heavy atom. The molecule has 0 aliphatic carbocycles. The Kier molecular flexibility index (Phi) is 7.51. The number of aliphatic hydroxyl groups is 2. The molecule has 0 bridgehead atoms. The minimum absolute atomic E-state index is 0.0550. The second kappa shape index (κ2) is 10.6. The monoisotopic (exact) mass is 465 g/mol. The quantitative estimate of drug-likeness (QED) is 0.460. The van der Waals surface area contributed by atoms with Crippen LogP contribution in [0.3, 0.4) is 0 Å². The van der Waals surface area contributed by atoms with Crippen LogP contribution in [-0.4, -0.2) is 40.5 Å². The maximum atomic E-state index is 14.5. The third-order valence-corrected chi connectivity index (χ3v) is 6.67. The van der Waals surface area contributed by atoms with Gasteiger partial charge in [-0.15, -0.1) is 0 Å². The molecule has 3 aromatic rings. The largest absolute Gasteiger partial charge is 0.385 e. The molecule has 2 N–H and O–H groups in total. The van der Waals surface area contributed by atoms with Gasteiger partial charge in [-0.3, -0.25) is 4.79 Å². The molecule has 1 atom stereocenters. The van der Waals surface area contributed by atoms with Crippen LogP contribution in [0.1, 0.15) is 58.8 Å². The zero-order chi connectivity index (χ0) is 24.1. The van der Waals surface area contributed by atoms with Crippen molar-refractivity contribution in [3.8, 4) is 0 Å². The van der Waals surface area contributed by atoms with Gasteiger partial charge in [-0.1, -0.05) is 48.5 Å². The van der Waals surface area contributed by atoms with Crippen molar-refractivity contribution in [3.63, 3.8) is 0 Å². The average Bonchev–Trinajstić information content (AvgIpc) is 2.86. The van der Waals surface area contributed by atoms with Crippen molar-refractivity contribution in [2.45, 2.75) is 37.4 Å². The van der Waals surface area contributed by atoms with Crippen molar-refractivity contribution in [1.29, 1.82) is 0 Å². The van der Waals surface area contributed by atoms with Crippen LogP contribution < -0.4 is 0 Å². The lowest BCUT2D eigenvalue weighted by atomic mass is 9.83. The summed E-state index contributed by atoms with van der Waals surface area (Å²) in [6, 6.07) is 18.9. The first-order valence-electron chi connectivity index (χ1n) is 11.6. The number of carbonyl (C=O) groups excluding carboxylic acids is 1. The minimum Gasteiger partial charge on any atom is -0.385 e. The van der Waals surface area contributed by atoms with Crippen LogP contribution in [0.15, 0.2) is 72.8 Å². The fourth-order valence-corrected chi connectivity index (χ4v) is 4.53. The number of likely N-dealkylation sites (tertiary alicyclic amines) is 1. The van der Waals surface area contributed by atoms with Crippen LogP contribution in [0.5, 0.6) is 0 Å². The molecule has 1 saturated heterocycles. The van der Waals surface area contributed by atoms with Crippen LogP contribution in [0, 0.1) is 11.6 Å². The first-order valence-corrected chi connectivity index (χ1v) is 11.6. The molecule has 4 nitrogen and oxygen atoms in total. The number of carbonyl (C=O) groups is 1. The predicted octanol–water partition coefficient (Wildman–Crippen LogP) is 4.99. The van der Waals surface area contributed by atoms with Gasteiger partial charge in [0.25, 0.3) is 0 Å². The lowest BCUT2D eigenvalue weighted by Crippen LogP contribution is -2.43. The maximum Gasteiger partial charge on any atom is 0.162 e. The molecule has 1 aliphatic rings. The van der Waals surface area contributed by atoms with Crippen LogP contribution in [-0.2, 0) is 5.60 Å². The summed E-state index contributed by atoms with van der Waals surface area (Å²) in [5.41, 5.74) is 0.597. The number of hydrogen-bond acceptors (Lipinski definition) is 4. The summed E-state index contributed by atoms with van der Waals surface area (Å²) in [5.74, 6) is -0.881. The van der Waals surface area contributed by atoms with Gasteiger partial charge in [0.15, 0.2) is 5.78 Å². The molecule has 1 aliphatic heterocycles. The number of ketones is 1. The standard InChI is InChI=1S/C28H29F2NO3/c29-23-11-8-21(9-12-23)27(33)24-19-22(10-13-25(24)30)28(34)14-17-31(18-15-28)16-4-7-26(32)20-5-2-1-3-6-20/h1-3,5-6,8-13,19,27,33-34H,4,7,14-18H2. The van der Waals surface area contributed by atoms with E-state index >= 15 is 0 Å². The Morgan fingerprint density at radius 3 is 2.32 bits per heavy atom. The third kappa shape index (κ3) is 5.58. The zero-order valence-electron chi connectivity index (χ0n) is 19.0. The fourth-order valence-electron chi connectivity index (χ4n) is 4.53. The van der Waals surface area contributed by atoms with Gasteiger partial charge in [-0.25, -0.2) is 8.78 Å². The van der Waals surface area contributed by atoms with E-state index in [0.29, 0.717) is 43.5 Å². The van der Waals surface area contributed by atoms with Crippen LogP contribution in [0.25, 0.3) is 0 Å². The van der Waals surface area contributed by atoms with Gasteiger partial charge in [0.05, 0.1) is 5.60 Å². The summed E-state index contributed by atoms with van der Waals surface area (Å²) >= 11 is 0. The number of aliphatic hydroxyl groups excluding tert-OH is 1. The third-order valence-electron chi connectivity index (χ3n) is 6.67. The average molecular weight is 466 g/mol. The lowest BCUT2D eigenvalue weighted by molar-refractivity contribution is -0.0262. The lowest BCUT2D eigenvalue weighted by Gasteiger charge is -2.39. The predicted molar refractivity (Wildman–Crippen MR) is 126 cm³/mol. The van der Waals surface area contributed by atoms with Gasteiger partial charge in [-0.2, -0.15) is 0 Å². The summed E-state index contributed by atoms with van der Waals surface area (Å²) in [6.45, 7) is 2.08. The summed E-state index contributed by atoms with van der Waals surface area (Å²) in [5, 5.41) is 21.9. The number of piperidine rings is 1. The van der Waals surface area contributed by atoms with E-state index in [0.717, 1.165) is 18.5 Å². The van der Waals surface area contributed by atoms with E-state index < -0.39 is 23.3 Å². The van der Waals surface area contributed by atoms with E-state index in [1.165, 1.54) is 36.4 Å². The molecule has 1 fully saturated rings. The Bertz CT molecular complexity index is 1110. The maximum absolute atomic E-state index is 14.5. The number of rotatable bonds is 8. The zero-order valence-corrected chi connectivity index (χ0v) is 19.0. The van der Waals surface area contributed by atoms with E-state index in [4.69, 9.17) is 0 Å². The molecule has 6 heteroatoms. The number of nitrogens with zero attached hydrogens (tertiary/aromatic N) is 1. The van der Waals surface area contributed by atoms with Crippen molar-refractivity contribution in [1.82, 2.24) is 4.90 Å². The highest BCUT2D eigenvalue weighted by Gasteiger charge is 2.34. The molecule has 0 aromatic heterocycles. The minimum atomic E-state index is -1.26. The first kappa shape index (κ1) is 24.2. The highest BCUT2D eigenvalue weighted by Crippen LogP contribution is 2.36. The Morgan fingerprint density at radius 1 is 0.971 bits per heavy atom. The van der Waals surface area contributed by atoms with Gasteiger partial charge >= 0.3 is 0 Å². The van der Waals surface area contributed by atoms with E-state index in [1.807, 2.05) is 30.3 Å². The summed E-state index contributed by atoms with van der Waals surface area (Å²) in [6.07, 6.45) is 0.907. The van der Waals surface area contributed by atoms with Crippen molar-refractivity contribution < 1.29 is 23.8 Å². The summed E-state index contributed by atoms with van der Waals surface area (Å²) in [7, 11) is 0. The highest BCUT2D eigenvalue weighted by molar-refractivity contribution is 5.95. The smallest absolute Gasteiger partial charge is 0.162 e. The molecule has 0 saturated carbocycles. The highest BCUT2D eigenvalue weighted by atomic mass is 19.1. The molecule has 0 spiro atoms. The van der Waals surface area contributed by atoms with E-state index in [2.05, 4.69) is 4.90 Å². The molecular formula is C28H29F2NO3. The molecular weight excluding hydrogens is 436 g/mol. The Balaban J connectivity index is 1.36. The summed E-state index contributed by atoms with van der Waals surface area (Å²) in [4.78, 5) is 14.5. The second-order valence-corrected chi connectivity index (χ2v) is 8.96. The topological polar surface area (TPSA) is 60.8 Å². The number of Topliss-reactive ketones (excluding diaryl/α,β-unsaturated/α-hetero) is 1. The SMILES string of the molecule is O=C(CCCN1CCC(O)(c2ccc(F)c(C(O)c3ccc(F)cc3)c2)CC1)c1ccccc1. The van der Waals surface area contributed by atoms with Gasteiger partial charge < -0.3 is 15.1 Å². The van der Waals surface area contributed by atoms with E-state index in [-0.39, 0.29) is 11.3 Å². The molecule has 1 unspecified atom stereocenters. The molecule has 0 amide bonds. The van der Waals surface area contributed by atoms with Gasteiger partial charge in [-0.05, 0) is 61.2 Å². The van der Waals surface area contributed by atoms with Gasteiger partial charge in [0, 0.05) is 30.6 Å². The van der Waals surface area contributed by atoms with Crippen LogP contribution >= 0.6 is 0 Å². The van der Waals surface area contributed by atoms with Gasteiger partial charge in [0.1, 0.15) is 17.7 Å². The number of halogens is 2. The van der Waals surface area contributed by atoms with Crippen molar-refractivity contribution in [2.75, 3.05) is 19.6 Å². The first-order chi connectivity index (χ1) is 16.4. The molecule has 34 heavy (non-hydrogen) atoms. The normalized spacial score (nSPS) is 16.8. The van der Waals surface area contributed by atoms with Crippen molar-refractivity contribution in [3.05, 3.63) is 107 Å². The molecule has 178 valence electrons. The molecule has 1 heterocycles. The van der Waals surface area contributed by atoms with E-state index in [9.17, 15) is 23.8 Å². The molecule has 3 aromatic carbocycles. The van der Waals surface area contributed by atoms with Gasteiger partial charge in [0.2, 0.25) is 0 Å². The number of benzene rings is 3. The Hall–Kier alpha value is -2.93. The molecule has 0 radical (unpaired) electrons. The Labute approximate surface area is 198 Å². The van der Waals surface area contributed by atoms with Crippen LogP contribution in [0.2, 0.25) is 0 Å². The van der Waals surface area contributed by atoms with Crippen LogP contribution in [0.4, 0.5) is 8.78 Å². The summed E-state index contributed by atoms with van der Waals surface area (Å²) < 4.78 is 27.7. The van der Waals surface area contributed by atoms with E-state index in [1.54, 1.807) is 6.07 Å². The molecule has 4 rings (SSSR count).